The van der Waals surface area contributed by atoms with Gasteiger partial charge in [-0.15, -0.1) is 24.0 Å². The molecule has 0 radical (unpaired) electrons. The fourth-order valence-electron chi connectivity index (χ4n) is 3.12. The molecule has 10 heteroatoms. The van der Waals surface area contributed by atoms with Crippen molar-refractivity contribution >= 4 is 29.9 Å². The number of rotatable bonds is 9. The summed E-state index contributed by atoms with van der Waals surface area (Å²) in [5.74, 6) is 1.52. The molecule has 1 aliphatic rings. The van der Waals surface area contributed by atoms with Crippen molar-refractivity contribution in [3.05, 3.63) is 17.7 Å². The Kier molecular flexibility index (Phi) is 10.7. The second-order valence-corrected chi connectivity index (χ2v) is 6.97. The molecular formula is C19H31F2IN4O3. The van der Waals surface area contributed by atoms with E-state index in [1.165, 1.54) is 6.07 Å². The van der Waals surface area contributed by atoms with Crippen LogP contribution in [0.25, 0.3) is 0 Å². The summed E-state index contributed by atoms with van der Waals surface area (Å²) in [6, 6.07) is 3.95. The second-order valence-electron chi connectivity index (χ2n) is 6.97. The minimum atomic E-state index is -2.92. The van der Waals surface area contributed by atoms with Gasteiger partial charge in [0.2, 0.25) is 6.79 Å². The summed E-state index contributed by atoms with van der Waals surface area (Å²) in [6.45, 7) is 7.61. The third kappa shape index (κ3) is 7.65. The fourth-order valence-corrected chi connectivity index (χ4v) is 3.12. The van der Waals surface area contributed by atoms with Gasteiger partial charge in [0.15, 0.2) is 17.5 Å². The first kappa shape index (κ1) is 25.5. The van der Waals surface area contributed by atoms with Crippen LogP contribution < -0.4 is 24.8 Å². The first-order valence-electron chi connectivity index (χ1n) is 9.39. The Balaban J connectivity index is 0.00000420. The summed E-state index contributed by atoms with van der Waals surface area (Å²) in [5.41, 5.74) is 0.526. The Morgan fingerprint density at radius 1 is 1.14 bits per heavy atom. The maximum Gasteiger partial charge on any atom is 0.387 e. The van der Waals surface area contributed by atoms with Crippen LogP contribution in [-0.4, -0.2) is 56.5 Å². The Morgan fingerprint density at radius 3 is 2.31 bits per heavy atom. The lowest BCUT2D eigenvalue weighted by atomic mass is 10.1. The van der Waals surface area contributed by atoms with Gasteiger partial charge in [0, 0.05) is 50.4 Å². The van der Waals surface area contributed by atoms with Crippen LogP contribution in [0, 0.1) is 0 Å². The van der Waals surface area contributed by atoms with Crippen LogP contribution in [0.5, 0.6) is 17.2 Å². The number of ether oxygens (including phenoxy) is 3. The molecule has 1 heterocycles. The van der Waals surface area contributed by atoms with Crippen LogP contribution in [0.1, 0.15) is 33.3 Å². The lowest BCUT2D eigenvalue weighted by Gasteiger charge is -2.30. The van der Waals surface area contributed by atoms with Gasteiger partial charge in [0.05, 0.1) is 0 Å². The molecule has 0 amide bonds. The molecule has 0 aliphatic carbocycles. The number of nitrogens with zero attached hydrogens (tertiary/aromatic N) is 2. The molecule has 1 aromatic rings. The van der Waals surface area contributed by atoms with Crippen molar-refractivity contribution in [3.8, 4) is 17.2 Å². The van der Waals surface area contributed by atoms with Gasteiger partial charge in [-0.25, -0.2) is 0 Å². The Bertz CT molecular complexity index is 667. The van der Waals surface area contributed by atoms with E-state index in [1.54, 1.807) is 13.1 Å². The number of halogens is 3. The number of guanidine groups is 1. The lowest BCUT2D eigenvalue weighted by Crippen LogP contribution is -2.45. The number of benzene rings is 1. The molecule has 166 valence electrons. The number of fused-ring (bicyclic) bond motifs is 1. The van der Waals surface area contributed by atoms with Gasteiger partial charge in [0.25, 0.3) is 0 Å². The minimum absolute atomic E-state index is 0. The first-order valence-corrected chi connectivity index (χ1v) is 9.39. The second kappa shape index (κ2) is 12.2. The van der Waals surface area contributed by atoms with Gasteiger partial charge in [-0.1, -0.05) is 0 Å². The maximum atomic E-state index is 12.7. The van der Waals surface area contributed by atoms with Crippen molar-refractivity contribution < 1.29 is 23.0 Å². The predicted octanol–water partition coefficient (Wildman–Crippen LogP) is 3.42. The number of hydrogen-bond donors (Lipinski definition) is 2. The molecule has 0 bridgehead atoms. The maximum absolute atomic E-state index is 12.7. The first-order chi connectivity index (χ1) is 13.3. The van der Waals surface area contributed by atoms with Crippen LogP contribution >= 0.6 is 24.0 Å². The zero-order chi connectivity index (χ0) is 20.7. The number of hydrogen-bond acceptors (Lipinski definition) is 5. The molecular weight excluding hydrogens is 497 g/mol. The largest absolute Gasteiger partial charge is 0.454 e. The molecule has 0 saturated heterocycles. The SMILES string of the molecule is CN=C(NCCN(C(C)C)C(C)C)NCc1cc2c(cc1OC(F)F)OCO2.I. The Morgan fingerprint density at radius 2 is 1.76 bits per heavy atom. The summed E-state index contributed by atoms with van der Waals surface area (Å²) in [6.07, 6.45) is 0. The monoisotopic (exact) mass is 528 g/mol. The van der Waals surface area contributed by atoms with E-state index in [0.29, 0.717) is 41.7 Å². The topological polar surface area (TPSA) is 67.4 Å². The van der Waals surface area contributed by atoms with E-state index in [9.17, 15) is 8.78 Å². The highest BCUT2D eigenvalue weighted by atomic mass is 127. The van der Waals surface area contributed by atoms with Gasteiger partial charge < -0.3 is 24.8 Å². The molecule has 0 unspecified atom stereocenters. The molecule has 7 nitrogen and oxygen atoms in total. The smallest absolute Gasteiger partial charge is 0.387 e. The van der Waals surface area contributed by atoms with Gasteiger partial charge in [0.1, 0.15) is 5.75 Å². The molecule has 0 fully saturated rings. The van der Waals surface area contributed by atoms with Gasteiger partial charge in [-0.2, -0.15) is 8.78 Å². The molecule has 1 aromatic carbocycles. The summed E-state index contributed by atoms with van der Waals surface area (Å²) in [4.78, 5) is 6.55. The molecule has 29 heavy (non-hydrogen) atoms. The Labute approximate surface area is 188 Å². The molecule has 2 rings (SSSR count). The van der Waals surface area contributed by atoms with Crippen LogP contribution in [0.3, 0.4) is 0 Å². The normalized spacial score (nSPS) is 13.3. The van der Waals surface area contributed by atoms with Crippen molar-refractivity contribution in [1.29, 1.82) is 0 Å². The van der Waals surface area contributed by atoms with Gasteiger partial charge in [-0.3, -0.25) is 9.89 Å². The van der Waals surface area contributed by atoms with Crippen molar-refractivity contribution in [2.45, 2.75) is 52.9 Å². The number of alkyl halides is 2. The average molecular weight is 528 g/mol. The van der Waals surface area contributed by atoms with Crippen molar-refractivity contribution in [2.75, 3.05) is 26.9 Å². The van der Waals surface area contributed by atoms with E-state index < -0.39 is 6.61 Å². The van der Waals surface area contributed by atoms with Gasteiger partial charge >= 0.3 is 6.61 Å². The van der Waals surface area contributed by atoms with Crippen LogP contribution in [0.15, 0.2) is 17.1 Å². The standard InChI is InChI=1S/C19H30F2N4O3.HI/c1-12(2)25(13(3)4)7-6-23-19(22-5)24-10-14-8-16-17(27-11-26-16)9-15(14)28-18(20)21;/h8-9,12-13,18H,6-7,10-11H2,1-5H3,(H2,22,23,24);1H. The van der Waals surface area contributed by atoms with Crippen molar-refractivity contribution in [3.63, 3.8) is 0 Å². The molecule has 0 saturated carbocycles. The molecule has 0 aromatic heterocycles. The van der Waals surface area contributed by atoms with E-state index in [2.05, 4.69) is 53.0 Å². The highest BCUT2D eigenvalue weighted by Gasteiger charge is 2.20. The van der Waals surface area contributed by atoms with Crippen molar-refractivity contribution in [1.82, 2.24) is 15.5 Å². The predicted molar refractivity (Wildman–Crippen MR) is 120 cm³/mol. The highest BCUT2D eigenvalue weighted by Crippen LogP contribution is 2.38. The lowest BCUT2D eigenvalue weighted by molar-refractivity contribution is -0.0505. The van der Waals surface area contributed by atoms with Crippen LogP contribution in [-0.2, 0) is 6.54 Å². The molecule has 2 N–H and O–H groups in total. The van der Waals surface area contributed by atoms with Crippen LogP contribution in [0.2, 0.25) is 0 Å². The van der Waals surface area contributed by atoms with E-state index in [-0.39, 0.29) is 43.1 Å². The van der Waals surface area contributed by atoms with E-state index in [4.69, 9.17) is 9.47 Å². The average Bonchev–Trinajstić information content (AvgIpc) is 3.07. The van der Waals surface area contributed by atoms with Gasteiger partial charge in [-0.05, 0) is 33.8 Å². The summed E-state index contributed by atoms with van der Waals surface area (Å²) in [7, 11) is 1.66. The third-order valence-electron chi connectivity index (χ3n) is 4.43. The van der Waals surface area contributed by atoms with Crippen molar-refractivity contribution in [2.24, 2.45) is 4.99 Å². The van der Waals surface area contributed by atoms with E-state index in [0.717, 1.165) is 6.54 Å². The molecule has 0 spiro atoms. The van der Waals surface area contributed by atoms with E-state index in [1.807, 2.05) is 0 Å². The third-order valence-corrected chi connectivity index (χ3v) is 4.43. The zero-order valence-electron chi connectivity index (χ0n) is 17.5. The van der Waals surface area contributed by atoms with Crippen LogP contribution in [0.4, 0.5) is 8.78 Å². The fraction of sp³-hybridized carbons (Fsp3) is 0.632. The van der Waals surface area contributed by atoms with E-state index >= 15 is 0 Å². The number of aliphatic imine (C=N–C) groups is 1. The quantitative estimate of drug-likeness (QED) is 0.291. The highest BCUT2D eigenvalue weighted by molar-refractivity contribution is 14.0. The number of nitrogens with one attached hydrogen (secondary N) is 2. The summed E-state index contributed by atoms with van der Waals surface area (Å²) in [5, 5.41) is 6.37. The Hall–Kier alpha value is -1.56. The molecule has 0 atom stereocenters. The summed E-state index contributed by atoms with van der Waals surface area (Å²) < 4.78 is 40.6. The zero-order valence-corrected chi connectivity index (χ0v) is 19.8. The summed E-state index contributed by atoms with van der Waals surface area (Å²) >= 11 is 0. The molecule has 1 aliphatic heterocycles. The minimum Gasteiger partial charge on any atom is -0.454 e.